The van der Waals surface area contributed by atoms with Gasteiger partial charge in [0, 0.05) is 32.9 Å². The molecule has 1 aromatic carbocycles. The molecule has 0 amide bonds. The first-order valence-electron chi connectivity index (χ1n) is 7.17. The van der Waals surface area contributed by atoms with Crippen LogP contribution in [0.3, 0.4) is 0 Å². The summed E-state index contributed by atoms with van der Waals surface area (Å²) in [6, 6.07) is 7.86. The maximum Gasteiger partial charge on any atom is 0.390 e. The Labute approximate surface area is 129 Å². The van der Waals surface area contributed by atoms with E-state index in [1.165, 1.54) is 0 Å². The molecule has 124 valence electrons. The summed E-state index contributed by atoms with van der Waals surface area (Å²) in [5, 5.41) is 5.63. The Kier molecular flexibility index (Phi) is 7.01. The summed E-state index contributed by atoms with van der Waals surface area (Å²) in [7, 11) is 3.90. The summed E-state index contributed by atoms with van der Waals surface area (Å²) >= 11 is 0. The first kappa shape index (κ1) is 18.1. The van der Waals surface area contributed by atoms with E-state index >= 15 is 0 Å². The van der Waals surface area contributed by atoms with Gasteiger partial charge in [-0.1, -0.05) is 12.1 Å². The number of benzene rings is 1. The maximum absolute atomic E-state index is 12.2. The van der Waals surface area contributed by atoms with Crippen molar-refractivity contribution in [2.24, 2.45) is 4.99 Å². The Balaban J connectivity index is 2.63. The smallest absolute Gasteiger partial charge is 0.378 e. The van der Waals surface area contributed by atoms with Gasteiger partial charge < -0.3 is 15.5 Å². The number of aliphatic imine (C=N–C) groups is 1. The number of hydrogen-bond acceptors (Lipinski definition) is 2. The molecule has 1 aromatic rings. The molecule has 0 aliphatic heterocycles. The summed E-state index contributed by atoms with van der Waals surface area (Å²) in [6.45, 7) is 2.68. The SMILES string of the molecule is CCNC(=NCc1cccc(N(C)C)c1)NCCC(F)(F)F. The lowest BCUT2D eigenvalue weighted by Gasteiger charge is -2.14. The van der Waals surface area contributed by atoms with Crippen LogP contribution >= 0.6 is 0 Å². The number of nitrogens with one attached hydrogen (secondary N) is 2. The molecule has 0 bridgehead atoms. The molecule has 4 nitrogen and oxygen atoms in total. The highest BCUT2D eigenvalue weighted by Crippen LogP contribution is 2.18. The maximum atomic E-state index is 12.2. The summed E-state index contributed by atoms with van der Waals surface area (Å²) in [5.74, 6) is 0.391. The largest absolute Gasteiger partial charge is 0.390 e. The number of nitrogens with zero attached hydrogens (tertiary/aromatic N) is 2. The van der Waals surface area contributed by atoms with Crippen molar-refractivity contribution in [2.75, 3.05) is 32.1 Å². The van der Waals surface area contributed by atoms with Crippen molar-refractivity contribution in [2.45, 2.75) is 26.1 Å². The number of alkyl halides is 3. The molecule has 7 heteroatoms. The molecule has 0 heterocycles. The van der Waals surface area contributed by atoms with Crippen molar-refractivity contribution >= 4 is 11.6 Å². The van der Waals surface area contributed by atoms with Crippen LogP contribution in [-0.2, 0) is 6.54 Å². The number of hydrogen-bond donors (Lipinski definition) is 2. The van der Waals surface area contributed by atoms with Gasteiger partial charge in [0.15, 0.2) is 5.96 Å². The summed E-state index contributed by atoms with van der Waals surface area (Å²) < 4.78 is 36.5. The number of rotatable bonds is 6. The van der Waals surface area contributed by atoms with Crippen LogP contribution in [0.25, 0.3) is 0 Å². The van der Waals surface area contributed by atoms with E-state index in [9.17, 15) is 13.2 Å². The van der Waals surface area contributed by atoms with Gasteiger partial charge in [0.25, 0.3) is 0 Å². The van der Waals surface area contributed by atoms with Crippen LogP contribution in [0.4, 0.5) is 18.9 Å². The molecular formula is C15H23F3N4. The van der Waals surface area contributed by atoms with E-state index in [1.807, 2.05) is 50.2 Å². The lowest BCUT2D eigenvalue weighted by Crippen LogP contribution is -2.38. The monoisotopic (exact) mass is 316 g/mol. The number of halogens is 3. The lowest BCUT2D eigenvalue weighted by atomic mass is 10.2. The van der Waals surface area contributed by atoms with E-state index in [-0.39, 0.29) is 6.54 Å². The Bertz CT molecular complexity index is 484. The van der Waals surface area contributed by atoms with E-state index < -0.39 is 12.6 Å². The molecule has 0 spiro atoms. The van der Waals surface area contributed by atoms with Gasteiger partial charge in [0.2, 0.25) is 0 Å². The average molecular weight is 316 g/mol. The summed E-state index contributed by atoms with van der Waals surface area (Å²) in [6.07, 6.45) is -5.04. The average Bonchev–Trinajstić information content (AvgIpc) is 2.43. The first-order valence-corrected chi connectivity index (χ1v) is 7.17. The zero-order chi connectivity index (χ0) is 16.6. The summed E-state index contributed by atoms with van der Waals surface area (Å²) in [4.78, 5) is 6.30. The van der Waals surface area contributed by atoms with Gasteiger partial charge >= 0.3 is 6.18 Å². The quantitative estimate of drug-likeness (QED) is 0.626. The highest BCUT2D eigenvalue weighted by Gasteiger charge is 2.26. The van der Waals surface area contributed by atoms with E-state index in [0.717, 1.165) is 11.3 Å². The Morgan fingerprint density at radius 1 is 1.23 bits per heavy atom. The van der Waals surface area contributed by atoms with Gasteiger partial charge in [0.05, 0.1) is 13.0 Å². The lowest BCUT2D eigenvalue weighted by molar-refractivity contribution is -0.132. The molecule has 0 radical (unpaired) electrons. The Morgan fingerprint density at radius 2 is 1.95 bits per heavy atom. The van der Waals surface area contributed by atoms with Crippen molar-refractivity contribution in [3.8, 4) is 0 Å². The molecule has 0 unspecified atom stereocenters. The van der Waals surface area contributed by atoms with Crippen molar-refractivity contribution in [3.63, 3.8) is 0 Å². The third-order valence-corrected chi connectivity index (χ3v) is 2.89. The van der Waals surface area contributed by atoms with Crippen LogP contribution in [0.5, 0.6) is 0 Å². The standard InChI is InChI=1S/C15H23F3N4/c1-4-19-14(20-9-8-15(16,17)18)21-11-12-6-5-7-13(10-12)22(2)3/h5-7,10H,4,8-9,11H2,1-3H3,(H2,19,20,21). The normalized spacial score (nSPS) is 12.2. The second kappa shape index (κ2) is 8.51. The summed E-state index contributed by atoms with van der Waals surface area (Å²) in [5.41, 5.74) is 2.06. The highest BCUT2D eigenvalue weighted by atomic mass is 19.4. The number of anilines is 1. The van der Waals surface area contributed by atoms with Gasteiger partial charge in [-0.15, -0.1) is 0 Å². The van der Waals surface area contributed by atoms with E-state index in [1.54, 1.807) is 0 Å². The minimum atomic E-state index is -4.16. The second-order valence-electron chi connectivity index (χ2n) is 5.05. The van der Waals surface area contributed by atoms with Crippen LogP contribution in [-0.4, -0.2) is 39.3 Å². The predicted octanol–water partition coefficient (Wildman–Crippen LogP) is 2.76. The molecule has 0 fully saturated rings. The zero-order valence-corrected chi connectivity index (χ0v) is 13.2. The van der Waals surface area contributed by atoms with Crippen LogP contribution in [0, 0.1) is 0 Å². The van der Waals surface area contributed by atoms with Gasteiger partial charge in [-0.25, -0.2) is 4.99 Å². The molecule has 0 saturated carbocycles. The topological polar surface area (TPSA) is 39.7 Å². The molecular weight excluding hydrogens is 293 g/mol. The molecule has 0 aliphatic carbocycles. The minimum Gasteiger partial charge on any atom is -0.378 e. The van der Waals surface area contributed by atoms with Gasteiger partial charge in [-0.2, -0.15) is 13.2 Å². The second-order valence-corrected chi connectivity index (χ2v) is 5.05. The zero-order valence-electron chi connectivity index (χ0n) is 13.2. The highest BCUT2D eigenvalue weighted by molar-refractivity contribution is 5.79. The molecule has 0 aliphatic rings. The fourth-order valence-corrected chi connectivity index (χ4v) is 1.77. The predicted molar refractivity (Wildman–Crippen MR) is 84.3 cm³/mol. The number of guanidine groups is 1. The van der Waals surface area contributed by atoms with Gasteiger partial charge in [0.1, 0.15) is 0 Å². The van der Waals surface area contributed by atoms with Crippen LogP contribution in [0.15, 0.2) is 29.3 Å². The van der Waals surface area contributed by atoms with Crippen molar-refractivity contribution < 1.29 is 13.2 Å². The van der Waals surface area contributed by atoms with E-state index in [4.69, 9.17) is 0 Å². The fourth-order valence-electron chi connectivity index (χ4n) is 1.77. The van der Waals surface area contributed by atoms with Crippen molar-refractivity contribution in [3.05, 3.63) is 29.8 Å². The fraction of sp³-hybridized carbons (Fsp3) is 0.533. The van der Waals surface area contributed by atoms with Gasteiger partial charge in [-0.3, -0.25) is 0 Å². The van der Waals surface area contributed by atoms with Crippen LogP contribution in [0.1, 0.15) is 18.9 Å². The molecule has 0 aromatic heterocycles. The molecule has 1 rings (SSSR count). The van der Waals surface area contributed by atoms with Crippen LogP contribution in [0.2, 0.25) is 0 Å². The molecule has 0 atom stereocenters. The van der Waals surface area contributed by atoms with Crippen molar-refractivity contribution in [1.82, 2.24) is 10.6 Å². The van der Waals surface area contributed by atoms with E-state index in [0.29, 0.717) is 19.0 Å². The third-order valence-electron chi connectivity index (χ3n) is 2.89. The van der Waals surface area contributed by atoms with E-state index in [2.05, 4.69) is 15.6 Å². The molecule has 22 heavy (non-hydrogen) atoms. The molecule has 0 saturated heterocycles. The van der Waals surface area contributed by atoms with Crippen molar-refractivity contribution in [1.29, 1.82) is 0 Å². The third kappa shape index (κ3) is 7.19. The van der Waals surface area contributed by atoms with Crippen LogP contribution < -0.4 is 15.5 Å². The Morgan fingerprint density at radius 3 is 2.55 bits per heavy atom. The Hall–Kier alpha value is -1.92. The van der Waals surface area contributed by atoms with Gasteiger partial charge in [-0.05, 0) is 24.6 Å². The molecule has 2 N–H and O–H groups in total. The first-order chi connectivity index (χ1) is 10.3. The minimum absolute atomic E-state index is 0.187.